The van der Waals surface area contributed by atoms with Gasteiger partial charge in [-0.15, -0.1) is 0 Å². The third kappa shape index (κ3) is 1.87. The minimum atomic E-state index is -0.147. The SMILES string of the molecule is CNC1(c2cc(OC)c(C)cc2OC)COC1. The van der Waals surface area contributed by atoms with Crippen molar-refractivity contribution >= 4 is 0 Å². The van der Waals surface area contributed by atoms with Crippen molar-refractivity contribution in [3.8, 4) is 11.5 Å². The van der Waals surface area contributed by atoms with Crippen LogP contribution < -0.4 is 14.8 Å². The summed E-state index contributed by atoms with van der Waals surface area (Å²) in [7, 11) is 5.31. The van der Waals surface area contributed by atoms with Gasteiger partial charge in [0.05, 0.1) is 33.0 Å². The molecule has 2 rings (SSSR count). The second kappa shape index (κ2) is 4.55. The molecule has 0 saturated carbocycles. The predicted molar refractivity (Wildman–Crippen MR) is 65.8 cm³/mol. The van der Waals surface area contributed by atoms with E-state index in [1.54, 1.807) is 14.2 Å². The molecule has 0 radical (unpaired) electrons. The Kier molecular flexibility index (Phi) is 3.26. The molecule has 1 aliphatic rings. The van der Waals surface area contributed by atoms with Crippen molar-refractivity contribution in [2.45, 2.75) is 12.5 Å². The summed E-state index contributed by atoms with van der Waals surface area (Å²) in [6.45, 7) is 3.33. The molecule has 1 fully saturated rings. The maximum Gasteiger partial charge on any atom is 0.124 e. The molecule has 0 unspecified atom stereocenters. The first-order valence-corrected chi connectivity index (χ1v) is 5.66. The molecular formula is C13H19NO3. The summed E-state index contributed by atoms with van der Waals surface area (Å²) in [5, 5.41) is 3.32. The van der Waals surface area contributed by atoms with Crippen LogP contribution in [-0.2, 0) is 10.3 Å². The van der Waals surface area contributed by atoms with Gasteiger partial charge in [-0.05, 0) is 31.7 Å². The smallest absolute Gasteiger partial charge is 0.124 e. The van der Waals surface area contributed by atoms with Crippen molar-refractivity contribution < 1.29 is 14.2 Å². The molecule has 1 aromatic rings. The number of nitrogens with one attached hydrogen (secondary N) is 1. The number of benzene rings is 1. The van der Waals surface area contributed by atoms with Gasteiger partial charge in [-0.25, -0.2) is 0 Å². The molecule has 1 N–H and O–H groups in total. The highest BCUT2D eigenvalue weighted by Gasteiger charge is 2.41. The van der Waals surface area contributed by atoms with Gasteiger partial charge >= 0.3 is 0 Å². The van der Waals surface area contributed by atoms with E-state index in [0.717, 1.165) is 22.6 Å². The molecule has 0 atom stereocenters. The Morgan fingerprint density at radius 2 is 1.82 bits per heavy atom. The van der Waals surface area contributed by atoms with Crippen LogP contribution in [0.3, 0.4) is 0 Å². The Morgan fingerprint density at radius 1 is 1.18 bits per heavy atom. The minimum absolute atomic E-state index is 0.147. The molecule has 0 aromatic heterocycles. The monoisotopic (exact) mass is 237 g/mol. The predicted octanol–water partition coefficient (Wildman–Crippen LogP) is 1.46. The molecule has 1 heterocycles. The van der Waals surface area contributed by atoms with Crippen LogP contribution in [0.5, 0.6) is 11.5 Å². The normalized spacial score (nSPS) is 17.4. The molecule has 17 heavy (non-hydrogen) atoms. The first-order valence-electron chi connectivity index (χ1n) is 5.66. The zero-order chi connectivity index (χ0) is 12.5. The lowest BCUT2D eigenvalue weighted by Crippen LogP contribution is -2.56. The lowest BCUT2D eigenvalue weighted by atomic mass is 9.86. The van der Waals surface area contributed by atoms with E-state index < -0.39 is 0 Å². The third-order valence-corrected chi connectivity index (χ3v) is 3.41. The van der Waals surface area contributed by atoms with E-state index in [-0.39, 0.29) is 5.54 Å². The summed E-state index contributed by atoms with van der Waals surface area (Å²) in [4.78, 5) is 0. The molecule has 0 aliphatic carbocycles. The largest absolute Gasteiger partial charge is 0.496 e. The fourth-order valence-corrected chi connectivity index (χ4v) is 2.17. The van der Waals surface area contributed by atoms with Crippen molar-refractivity contribution in [2.75, 3.05) is 34.5 Å². The van der Waals surface area contributed by atoms with Crippen molar-refractivity contribution in [3.63, 3.8) is 0 Å². The van der Waals surface area contributed by atoms with Crippen molar-refractivity contribution in [3.05, 3.63) is 23.3 Å². The lowest BCUT2D eigenvalue weighted by molar-refractivity contribution is -0.0757. The molecule has 0 spiro atoms. The molecule has 1 aliphatic heterocycles. The first-order chi connectivity index (χ1) is 8.16. The van der Waals surface area contributed by atoms with Crippen LogP contribution in [0.2, 0.25) is 0 Å². The van der Waals surface area contributed by atoms with E-state index in [1.807, 2.05) is 26.1 Å². The Bertz CT molecular complexity index is 408. The summed E-state index contributed by atoms with van der Waals surface area (Å²) >= 11 is 0. The van der Waals surface area contributed by atoms with Crippen LogP contribution in [0.25, 0.3) is 0 Å². The van der Waals surface area contributed by atoms with Gasteiger partial charge in [-0.2, -0.15) is 0 Å². The number of ether oxygens (including phenoxy) is 3. The lowest BCUT2D eigenvalue weighted by Gasteiger charge is -2.42. The van der Waals surface area contributed by atoms with E-state index in [1.165, 1.54) is 0 Å². The highest BCUT2D eigenvalue weighted by Crippen LogP contribution is 2.39. The summed E-state index contributed by atoms with van der Waals surface area (Å²) < 4.78 is 16.2. The van der Waals surface area contributed by atoms with Gasteiger partial charge in [0.25, 0.3) is 0 Å². The Hall–Kier alpha value is -1.26. The van der Waals surface area contributed by atoms with Crippen molar-refractivity contribution in [1.29, 1.82) is 0 Å². The maximum absolute atomic E-state index is 5.46. The van der Waals surface area contributed by atoms with Gasteiger partial charge in [-0.3, -0.25) is 0 Å². The maximum atomic E-state index is 5.46. The second-order valence-corrected chi connectivity index (χ2v) is 4.35. The average molecular weight is 237 g/mol. The van der Waals surface area contributed by atoms with Crippen LogP contribution in [-0.4, -0.2) is 34.5 Å². The van der Waals surface area contributed by atoms with Crippen molar-refractivity contribution in [2.24, 2.45) is 0 Å². The number of hydrogen-bond acceptors (Lipinski definition) is 4. The third-order valence-electron chi connectivity index (χ3n) is 3.41. The Morgan fingerprint density at radius 3 is 2.24 bits per heavy atom. The van der Waals surface area contributed by atoms with Crippen molar-refractivity contribution in [1.82, 2.24) is 5.32 Å². The van der Waals surface area contributed by atoms with Gasteiger partial charge in [0.2, 0.25) is 0 Å². The van der Waals surface area contributed by atoms with Gasteiger partial charge < -0.3 is 19.5 Å². The first kappa shape index (κ1) is 12.2. The second-order valence-electron chi connectivity index (χ2n) is 4.35. The Balaban J connectivity index is 2.50. The average Bonchev–Trinajstić information content (AvgIpc) is 2.29. The highest BCUT2D eigenvalue weighted by atomic mass is 16.5. The van der Waals surface area contributed by atoms with Gasteiger partial charge in [-0.1, -0.05) is 0 Å². The number of methoxy groups -OCH3 is 2. The zero-order valence-electron chi connectivity index (χ0n) is 10.8. The van der Waals surface area contributed by atoms with Gasteiger partial charge in [0.15, 0.2) is 0 Å². The molecule has 1 aromatic carbocycles. The summed E-state index contributed by atoms with van der Waals surface area (Å²) in [5.41, 5.74) is 2.02. The molecular weight excluding hydrogens is 218 g/mol. The number of aryl methyl sites for hydroxylation is 1. The summed E-state index contributed by atoms with van der Waals surface area (Å²) in [5.74, 6) is 1.75. The van der Waals surface area contributed by atoms with E-state index in [4.69, 9.17) is 14.2 Å². The molecule has 4 heteroatoms. The summed E-state index contributed by atoms with van der Waals surface area (Å²) in [6, 6.07) is 4.04. The summed E-state index contributed by atoms with van der Waals surface area (Å²) in [6.07, 6.45) is 0. The van der Waals surface area contributed by atoms with E-state index >= 15 is 0 Å². The van der Waals surface area contributed by atoms with E-state index in [2.05, 4.69) is 5.32 Å². The van der Waals surface area contributed by atoms with Crippen LogP contribution in [0.15, 0.2) is 12.1 Å². The Labute approximate surface area is 102 Å². The quantitative estimate of drug-likeness (QED) is 0.860. The molecule has 0 bridgehead atoms. The molecule has 0 amide bonds. The zero-order valence-corrected chi connectivity index (χ0v) is 10.8. The van der Waals surface area contributed by atoms with Crippen LogP contribution in [0.4, 0.5) is 0 Å². The molecule has 1 saturated heterocycles. The number of hydrogen-bond donors (Lipinski definition) is 1. The number of rotatable bonds is 4. The van der Waals surface area contributed by atoms with Crippen LogP contribution in [0, 0.1) is 6.92 Å². The van der Waals surface area contributed by atoms with Gasteiger partial charge in [0, 0.05) is 5.56 Å². The standard InChI is InChI=1S/C13H19NO3/c1-9-5-12(16-4)10(6-11(9)15-3)13(14-2)7-17-8-13/h5-6,14H,7-8H2,1-4H3. The molecule has 4 nitrogen and oxygen atoms in total. The number of likely N-dealkylation sites (N-methyl/N-ethyl adjacent to an activating group) is 1. The minimum Gasteiger partial charge on any atom is -0.496 e. The fraction of sp³-hybridized carbons (Fsp3) is 0.538. The van der Waals surface area contributed by atoms with Crippen LogP contribution in [0.1, 0.15) is 11.1 Å². The molecule has 94 valence electrons. The van der Waals surface area contributed by atoms with Gasteiger partial charge in [0.1, 0.15) is 11.5 Å². The van der Waals surface area contributed by atoms with Crippen LogP contribution >= 0.6 is 0 Å². The van der Waals surface area contributed by atoms with E-state index in [0.29, 0.717) is 13.2 Å². The highest BCUT2D eigenvalue weighted by molar-refractivity contribution is 5.50. The van der Waals surface area contributed by atoms with E-state index in [9.17, 15) is 0 Å². The topological polar surface area (TPSA) is 39.7 Å². The fourth-order valence-electron chi connectivity index (χ4n) is 2.17.